The lowest BCUT2D eigenvalue weighted by molar-refractivity contribution is -0.221. The van der Waals surface area contributed by atoms with Crippen molar-refractivity contribution in [1.82, 2.24) is 0 Å². The van der Waals surface area contributed by atoms with E-state index in [0.29, 0.717) is 22.2 Å². The quantitative estimate of drug-likeness (QED) is 0.403. The van der Waals surface area contributed by atoms with Crippen molar-refractivity contribution in [3.63, 3.8) is 0 Å². The molecule has 2 heteroatoms. The molecule has 1 N–H and O–H groups in total. The molecule has 5 aliphatic carbocycles. The van der Waals surface area contributed by atoms with Gasteiger partial charge in [0, 0.05) is 0 Å². The summed E-state index contributed by atoms with van der Waals surface area (Å²) in [7, 11) is 0. The number of carboxylic acid groups (broad SMARTS) is 1. The fraction of sp³-hybridized carbons (Fsp3) is 0.903. The molecule has 0 amide bonds. The minimum Gasteiger partial charge on any atom is -0.481 e. The van der Waals surface area contributed by atoms with Crippen LogP contribution in [0.5, 0.6) is 0 Å². The van der Waals surface area contributed by atoms with Gasteiger partial charge in [0.1, 0.15) is 0 Å². The van der Waals surface area contributed by atoms with Crippen molar-refractivity contribution >= 4 is 5.97 Å². The fourth-order valence-electron chi connectivity index (χ4n) is 10.9. The molecule has 0 aromatic carbocycles. The van der Waals surface area contributed by atoms with E-state index in [2.05, 4.69) is 61.5 Å². The van der Waals surface area contributed by atoms with Crippen molar-refractivity contribution in [2.45, 2.75) is 120 Å². The Bertz CT molecular complexity index is 881. The number of carboxylic acids is 1. The molecule has 0 saturated heterocycles. The number of allylic oxidation sites excluding steroid dienone is 1. The van der Waals surface area contributed by atoms with Gasteiger partial charge < -0.3 is 5.11 Å². The second kappa shape index (κ2) is 6.91. The second-order valence-corrected chi connectivity index (χ2v) is 15.4. The van der Waals surface area contributed by atoms with Gasteiger partial charge in [-0.25, -0.2) is 0 Å². The molecule has 4 fully saturated rings. The Morgan fingerprint density at radius 2 is 1.45 bits per heavy atom. The number of rotatable bonds is 1. The third-order valence-corrected chi connectivity index (χ3v) is 13.6. The lowest BCUT2D eigenvalue weighted by Crippen LogP contribution is -2.65. The van der Waals surface area contributed by atoms with Gasteiger partial charge in [-0.2, -0.15) is 0 Å². The number of fused-ring (bicyclic) bond motifs is 7. The number of hydrogen-bond donors (Lipinski definition) is 1. The zero-order chi connectivity index (χ0) is 24.2. The van der Waals surface area contributed by atoms with Gasteiger partial charge in [0.05, 0.1) is 5.41 Å². The average molecular weight is 455 g/mol. The molecule has 4 saturated carbocycles. The molecule has 0 aromatic rings. The highest BCUT2D eigenvalue weighted by Gasteiger charge is 2.69. The van der Waals surface area contributed by atoms with E-state index in [1.165, 1.54) is 44.1 Å². The molecular weight excluding hydrogens is 404 g/mol. The van der Waals surface area contributed by atoms with E-state index < -0.39 is 11.4 Å². The molecule has 0 aliphatic heterocycles. The second-order valence-electron chi connectivity index (χ2n) is 15.4. The van der Waals surface area contributed by atoms with E-state index in [9.17, 15) is 9.90 Å². The molecule has 0 bridgehead atoms. The predicted octanol–water partition coefficient (Wildman–Crippen LogP) is 8.51. The zero-order valence-electron chi connectivity index (χ0n) is 22.8. The van der Waals surface area contributed by atoms with E-state index in [-0.39, 0.29) is 10.8 Å². The maximum absolute atomic E-state index is 12.8. The largest absolute Gasteiger partial charge is 0.481 e. The first kappa shape index (κ1) is 23.9. The maximum Gasteiger partial charge on any atom is 0.313 e. The Morgan fingerprint density at radius 1 is 0.788 bits per heavy atom. The van der Waals surface area contributed by atoms with Crippen LogP contribution >= 0.6 is 0 Å². The first-order valence-corrected chi connectivity index (χ1v) is 14.1. The van der Waals surface area contributed by atoms with Crippen LogP contribution in [0.25, 0.3) is 0 Å². The van der Waals surface area contributed by atoms with E-state index in [1.54, 1.807) is 0 Å². The molecule has 5 rings (SSSR count). The highest BCUT2D eigenvalue weighted by Crippen LogP contribution is 2.76. The van der Waals surface area contributed by atoms with Crippen LogP contribution in [-0.4, -0.2) is 11.1 Å². The van der Waals surface area contributed by atoms with Gasteiger partial charge in [-0.05, 0) is 115 Å². The predicted molar refractivity (Wildman–Crippen MR) is 136 cm³/mol. The van der Waals surface area contributed by atoms with Crippen molar-refractivity contribution in [1.29, 1.82) is 0 Å². The minimum absolute atomic E-state index is 0.122. The molecular formula is C31H50O2. The van der Waals surface area contributed by atoms with Crippen molar-refractivity contribution in [2.24, 2.45) is 56.2 Å². The molecule has 5 aliphatic rings. The van der Waals surface area contributed by atoms with E-state index in [1.807, 2.05) is 0 Å². The van der Waals surface area contributed by atoms with Crippen molar-refractivity contribution in [3.05, 3.63) is 11.6 Å². The lowest BCUT2D eigenvalue weighted by atomic mass is 9.32. The molecule has 0 heterocycles. The highest BCUT2D eigenvalue weighted by atomic mass is 16.4. The van der Waals surface area contributed by atoms with Crippen LogP contribution in [0.15, 0.2) is 11.6 Å². The van der Waals surface area contributed by atoms with Gasteiger partial charge in [-0.3, -0.25) is 4.79 Å². The summed E-state index contributed by atoms with van der Waals surface area (Å²) < 4.78 is 0. The van der Waals surface area contributed by atoms with Gasteiger partial charge in [-0.15, -0.1) is 0 Å². The molecule has 2 nitrogen and oxygen atoms in total. The van der Waals surface area contributed by atoms with E-state index in [4.69, 9.17) is 0 Å². The summed E-state index contributed by atoms with van der Waals surface area (Å²) >= 11 is 0. The van der Waals surface area contributed by atoms with Gasteiger partial charge in [0.25, 0.3) is 0 Å². The molecule has 8 unspecified atom stereocenters. The van der Waals surface area contributed by atoms with Gasteiger partial charge >= 0.3 is 5.97 Å². The molecule has 0 spiro atoms. The lowest BCUT2D eigenvalue weighted by Gasteiger charge is -2.72. The smallest absolute Gasteiger partial charge is 0.313 e. The standard InChI is InChI=1S/C31H50O2/c1-20-11-13-28(6)23(27(20,4)5)12-14-30(8)24(28)10-9-21-22-19-26(2,3)15-17-31(22,25(32)33)18-16-29(21,30)7/h19-21,23-24H,9-18H2,1-8H3,(H,32,33). The Labute approximate surface area is 203 Å². The summed E-state index contributed by atoms with van der Waals surface area (Å²) in [5.41, 5.74) is 2.25. The molecule has 0 radical (unpaired) electrons. The summed E-state index contributed by atoms with van der Waals surface area (Å²) in [6.45, 7) is 20.2. The topological polar surface area (TPSA) is 37.3 Å². The van der Waals surface area contributed by atoms with Crippen LogP contribution in [0.4, 0.5) is 0 Å². The Hall–Kier alpha value is -0.790. The normalized spacial score (nSPS) is 52.4. The summed E-state index contributed by atoms with van der Waals surface area (Å²) in [6.07, 6.45) is 14.2. The molecule has 186 valence electrons. The van der Waals surface area contributed by atoms with Crippen LogP contribution in [0.2, 0.25) is 0 Å². The van der Waals surface area contributed by atoms with E-state index in [0.717, 1.165) is 43.4 Å². The molecule has 33 heavy (non-hydrogen) atoms. The summed E-state index contributed by atoms with van der Waals surface area (Å²) in [4.78, 5) is 12.8. The van der Waals surface area contributed by atoms with Crippen LogP contribution in [0, 0.1) is 56.2 Å². The van der Waals surface area contributed by atoms with Gasteiger partial charge in [-0.1, -0.05) is 67.0 Å². The van der Waals surface area contributed by atoms with Gasteiger partial charge in [0.15, 0.2) is 0 Å². The summed E-state index contributed by atoms with van der Waals surface area (Å²) in [6, 6.07) is 0. The first-order chi connectivity index (χ1) is 15.1. The van der Waals surface area contributed by atoms with Crippen molar-refractivity contribution < 1.29 is 9.90 Å². The molecule has 8 atom stereocenters. The number of carbonyl (C=O) groups is 1. The number of hydrogen-bond acceptors (Lipinski definition) is 1. The van der Waals surface area contributed by atoms with Crippen LogP contribution in [0.1, 0.15) is 120 Å². The van der Waals surface area contributed by atoms with Crippen LogP contribution in [-0.2, 0) is 4.79 Å². The van der Waals surface area contributed by atoms with Gasteiger partial charge in [0.2, 0.25) is 0 Å². The SMILES string of the molecule is CC1CCC2(C)C(CCC3(C)C2CCC2C4=CC(C)(C)CCC4(C(=O)O)CCC23C)C1(C)C. The minimum atomic E-state index is -0.591. The van der Waals surface area contributed by atoms with Crippen molar-refractivity contribution in [3.8, 4) is 0 Å². The fourth-order valence-corrected chi connectivity index (χ4v) is 10.9. The van der Waals surface area contributed by atoms with Crippen LogP contribution in [0.3, 0.4) is 0 Å². The molecule has 0 aromatic heterocycles. The maximum atomic E-state index is 12.8. The Balaban J connectivity index is 1.58. The van der Waals surface area contributed by atoms with E-state index >= 15 is 0 Å². The third-order valence-electron chi connectivity index (χ3n) is 13.6. The summed E-state index contributed by atoms with van der Waals surface area (Å²) in [5.74, 6) is 2.30. The highest BCUT2D eigenvalue weighted by molar-refractivity contribution is 5.80. The average Bonchev–Trinajstić information content (AvgIpc) is 2.71. The Kier molecular flexibility index (Phi) is 5.01. The zero-order valence-corrected chi connectivity index (χ0v) is 22.8. The van der Waals surface area contributed by atoms with Crippen molar-refractivity contribution in [2.75, 3.05) is 0 Å². The number of aliphatic carboxylic acids is 1. The van der Waals surface area contributed by atoms with Crippen LogP contribution < -0.4 is 0 Å². The summed E-state index contributed by atoms with van der Waals surface area (Å²) in [5, 5.41) is 10.5. The third kappa shape index (κ3) is 2.88. The first-order valence-electron chi connectivity index (χ1n) is 14.1. The Morgan fingerprint density at radius 3 is 2.12 bits per heavy atom. The monoisotopic (exact) mass is 454 g/mol.